The number of nitrogens with zero attached hydrogens (tertiary/aromatic N) is 2. The lowest BCUT2D eigenvalue weighted by molar-refractivity contribution is -0.845. The predicted molar refractivity (Wildman–Crippen MR) is 50.2 cm³/mol. The molecule has 1 atom stereocenters. The van der Waals surface area contributed by atoms with Crippen LogP contribution in [0.1, 0.15) is 6.42 Å². The average molecular weight is 215 g/mol. The Hall–Kier alpha value is -1.61. The van der Waals surface area contributed by atoms with Crippen LogP contribution in [0, 0.1) is 11.5 Å². The fourth-order valence-electron chi connectivity index (χ4n) is 0.954. The monoisotopic (exact) mass is 215 g/mol. The minimum atomic E-state index is -0.356. The van der Waals surface area contributed by atoms with Gasteiger partial charge < -0.3 is 9.47 Å². The lowest BCUT2D eigenvalue weighted by atomic mass is 10.3. The molecule has 0 aromatic carbocycles. The van der Waals surface area contributed by atoms with Gasteiger partial charge in [-0.15, -0.1) is 5.26 Å². The molecule has 6 nitrogen and oxygen atoms in total. The van der Waals surface area contributed by atoms with Crippen molar-refractivity contribution >= 4 is 12.4 Å². The van der Waals surface area contributed by atoms with E-state index in [1.807, 2.05) is 0 Å². The summed E-state index contributed by atoms with van der Waals surface area (Å²) in [6.45, 7) is 1.19. The van der Waals surface area contributed by atoms with Crippen LogP contribution in [-0.4, -0.2) is 50.8 Å². The van der Waals surface area contributed by atoms with Gasteiger partial charge in [0.2, 0.25) is 0 Å². The molecular formula is C9H15N2O4+. The minimum absolute atomic E-state index is 0.00292. The van der Waals surface area contributed by atoms with Gasteiger partial charge in [0, 0.05) is 0 Å². The maximum atomic E-state index is 10.9. The first-order valence-electron chi connectivity index (χ1n) is 4.46. The van der Waals surface area contributed by atoms with Gasteiger partial charge in [-0.05, 0) is 0 Å². The molecule has 0 saturated carbocycles. The van der Waals surface area contributed by atoms with Crippen molar-refractivity contribution in [1.82, 2.24) is 0 Å². The molecule has 0 radical (unpaired) electrons. The van der Waals surface area contributed by atoms with Crippen molar-refractivity contribution < 1.29 is 23.5 Å². The van der Waals surface area contributed by atoms with Crippen molar-refractivity contribution in [2.24, 2.45) is 0 Å². The van der Waals surface area contributed by atoms with Crippen LogP contribution >= 0.6 is 0 Å². The van der Waals surface area contributed by atoms with Crippen LogP contribution in [0.25, 0.3) is 0 Å². The fraction of sp³-hybridized carbons (Fsp3) is 0.667. The summed E-state index contributed by atoms with van der Waals surface area (Å²) in [6.07, 6.45) is 2.22. The van der Waals surface area contributed by atoms with Gasteiger partial charge in [0.25, 0.3) is 6.47 Å². The van der Waals surface area contributed by atoms with Gasteiger partial charge >= 0.3 is 12.2 Å². The van der Waals surface area contributed by atoms with Gasteiger partial charge in [-0.1, -0.05) is 0 Å². The number of ether oxygens (including phenoxy) is 2. The van der Waals surface area contributed by atoms with E-state index in [1.54, 1.807) is 7.05 Å². The van der Waals surface area contributed by atoms with Crippen LogP contribution < -0.4 is 0 Å². The zero-order chi connectivity index (χ0) is 11.7. The summed E-state index contributed by atoms with van der Waals surface area (Å²) in [6, 6.07) is 0. The van der Waals surface area contributed by atoms with E-state index in [2.05, 4.69) is 15.7 Å². The zero-order valence-electron chi connectivity index (χ0n) is 8.93. The summed E-state index contributed by atoms with van der Waals surface area (Å²) in [4.78, 5) is 20.8. The Morgan fingerprint density at radius 1 is 1.53 bits per heavy atom. The molecule has 0 amide bonds. The Kier molecular flexibility index (Phi) is 6.06. The van der Waals surface area contributed by atoms with Crippen LogP contribution in [0.15, 0.2) is 0 Å². The molecule has 0 saturated heterocycles. The second kappa shape index (κ2) is 6.79. The highest BCUT2D eigenvalue weighted by atomic mass is 16.5. The highest BCUT2D eigenvalue weighted by molar-refractivity contribution is 5.69. The number of esters is 1. The standard InChI is InChI=1S/C9H15N2O4/c1-11(7-10,5-6-15-8-12)4-3-9(13)14-2/h8H,3-6H2,1-2H3/q+1. The summed E-state index contributed by atoms with van der Waals surface area (Å²) in [5.74, 6) is -0.356. The van der Waals surface area contributed by atoms with Crippen LogP contribution in [-0.2, 0) is 19.1 Å². The lowest BCUT2D eigenvalue weighted by Gasteiger charge is -2.23. The van der Waals surface area contributed by atoms with E-state index in [0.29, 0.717) is 19.6 Å². The van der Waals surface area contributed by atoms with Gasteiger partial charge in [-0.25, -0.2) is 4.48 Å². The summed E-state index contributed by atoms with van der Waals surface area (Å²) < 4.78 is 8.97. The van der Waals surface area contributed by atoms with E-state index < -0.39 is 0 Å². The van der Waals surface area contributed by atoms with E-state index in [1.165, 1.54) is 7.11 Å². The van der Waals surface area contributed by atoms with Crippen molar-refractivity contribution in [2.45, 2.75) is 6.42 Å². The Balaban J connectivity index is 4.02. The quantitative estimate of drug-likeness (QED) is 0.191. The first-order valence-corrected chi connectivity index (χ1v) is 4.46. The number of hydrogen-bond acceptors (Lipinski definition) is 5. The van der Waals surface area contributed by atoms with Gasteiger partial charge in [-0.2, -0.15) is 0 Å². The molecular weight excluding hydrogens is 200 g/mol. The zero-order valence-corrected chi connectivity index (χ0v) is 8.93. The topological polar surface area (TPSA) is 76.4 Å². The molecule has 84 valence electrons. The Morgan fingerprint density at radius 3 is 2.67 bits per heavy atom. The first kappa shape index (κ1) is 13.4. The largest absolute Gasteiger partial charge is 0.469 e. The van der Waals surface area contributed by atoms with Gasteiger partial charge in [0.15, 0.2) is 0 Å². The SMILES string of the molecule is COC(=O)CC[N+](C)(C#N)CCOC=O. The molecule has 0 aromatic rings. The summed E-state index contributed by atoms with van der Waals surface area (Å²) in [5, 5.41) is 8.90. The molecule has 0 aliphatic rings. The summed E-state index contributed by atoms with van der Waals surface area (Å²) >= 11 is 0. The van der Waals surface area contributed by atoms with Gasteiger partial charge in [0.1, 0.15) is 19.7 Å². The third-order valence-corrected chi connectivity index (χ3v) is 2.05. The average Bonchev–Trinajstić information content (AvgIpc) is 2.26. The molecule has 15 heavy (non-hydrogen) atoms. The molecule has 0 rings (SSSR count). The molecule has 0 fully saturated rings. The van der Waals surface area contributed by atoms with Crippen LogP contribution in [0.4, 0.5) is 0 Å². The molecule has 0 spiro atoms. The fourth-order valence-corrected chi connectivity index (χ4v) is 0.954. The number of likely N-dealkylation sites (N-methyl/N-ethyl adjacent to an activating group) is 1. The predicted octanol–water partition coefficient (Wildman–Crippen LogP) is -0.350. The van der Waals surface area contributed by atoms with Crippen molar-refractivity contribution in [2.75, 3.05) is 33.9 Å². The summed E-state index contributed by atoms with van der Waals surface area (Å²) in [5.41, 5.74) is 0. The highest BCUT2D eigenvalue weighted by Crippen LogP contribution is 2.02. The number of carbonyl (C=O) groups excluding carboxylic acids is 2. The first-order chi connectivity index (χ1) is 7.08. The Morgan fingerprint density at radius 2 is 2.20 bits per heavy atom. The number of methoxy groups -OCH3 is 1. The van der Waals surface area contributed by atoms with E-state index in [4.69, 9.17) is 5.26 Å². The molecule has 0 heterocycles. The molecule has 0 N–H and O–H groups in total. The molecule has 0 aliphatic heterocycles. The molecule has 0 aliphatic carbocycles. The maximum Gasteiger partial charge on any atom is 0.311 e. The third-order valence-electron chi connectivity index (χ3n) is 2.05. The van der Waals surface area contributed by atoms with E-state index in [9.17, 15) is 9.59 Å². The second-order valence-electron chi connectivity index (χ2n) is 3.24. The third kappa shape index (κ3) is 5.65. The van der Waals surface area contributed by atoms with Crippen molar-refractivity contribution in [3.63, 3.8) is 0 Å². The highest BCUT2D eigenvalue weighted by Gasteiger charge is 2.23. The maximum absolute atomic E-state index is 10.9. The van der Waals surface area contributed by atoms with Gasteiger partial charge in [0.05, 0.1) is 20.6 Å². The number of nitriles is 1. The van der Waals surface area contributed by atoms with E-state index in [0.717, 1.165) is 0 Å². The number of rotatable bonds is 7. The van der Waals surface area contributed by atoms with Crippen molar-refractivity contribution in [3.8, 4) is 6.19 Å². The minimum Gasteiger partial charge on any atom is -0.469 e. The molecule has 1 unspecified atom stereocenters. The van der Waals surface area contributed by atoms with Crippen molar-refractivity contribution in [3.05, 3.63) is 0 Å². The smallest absolute Gasteiger partial charge is 0.311 e. The van der Waals surface area contributed by atoms with Crippen LogP contribution in [0.2, 0.25) is 0 Å². The van der Waals surface area contributed by atoms with Gasteiger partial charge in [-0.3, -0.25) is 9.59 Å². The molecule has 6 heteroatoms. The van der Waals surface area contributed by atoms with Crippen LogP contribution in [0.3, 0.4) is 0 Å². The molecule has 0 aromatic heterocycles. The van der Waals surface area contributed by atoms with E-state index >= 15 is 0 Å². The number of hydrogen-bond donors (Lipinski definition) is 0. The normalized spacial score (nSPS) is 13.4. The summed E-state index contributed by atoms with van der Waals surface area (Å²) in [7, 11) is 2.96. The second-order valence-corrected chi connectivity index (χ2v) is 3.24. The molecule has 0 bridgehead atoms. The Labute approximate surface area is 88.6 Å². The lowest BCUT2D eigenvalue weighted by Crippen LogP contribution is -2.43. The number of quaternary nitrogens is 1. The Bertz CT molecular complexity index is 261. The van der Waals surface area contributed by atoms with E-state index in [-0.39, 0.29) is 23.5 Å². The number of carbonyl (C=O) groups is 2. The van der Waals surface area contributed by atoms with Crippen LogP contribution in [0.5, 0.6) is 0 Å². The van der Waals surface area contributed by atoms with Crippen molar-refractivity contribution in [1.29, 1.82) is 5.26 Å².